The zero-order valence-electron chi connectivity index (χ0n) is 9.04. The zero-order chi connectivity index (χ0) is 11.3. The van der Waals surface area contributed by atoms with E-state index in [1.165, 1.54) is 0 Å². The maximum atomic E-state index is 6.04. The molecule has 0 saturated carbocycles. The third-order valence-corrected chi connectivity index (χ3v) is 2.72. The summed E-state index contributed by atoms with van der Waals surface area (Å²) in [6.45, 7) is 3.35. The van der Waals surface area contributed by atoms with Gasteiger partial charge in [0.15, 0.2) is 0 Å². The molecule has 1 aromatic heterocycles. The van der Waals surface area contributed by atoms with E-state index in [1.54, 1.807) is 13.3 Å². The molecule has 1 atom stereocenters. The number of rotatable bonds is 6. The fourth-order valence-corrected chi connectivity index (χ4v) is 1.69. The van der Waals surface area contributed by atoms with E-state index in [-0.39, 0.29) is 5.38 Å². The predicted octanol–water partition coefficient (Wildman–Crippen LogP) is 2.74. The lowest BCUT2D eigenvalue weighted by atomic mass is 10.2. The number of ether oxygens (including phenoxy) is 1. The van der Waals surface area contributed by atoms with Gasteiger partial charge in [-0.1, -0.05) is 11.6 Å². The van der Waals surface area contributed by atoms with Gasteiger partial charge in [-0.15, -0.1) is 11.6 Å². The van der Waals surface area contributed by atoms with Crippen LogP contribution in [-0.4, -0.2) is 28.9 Å². The first-order valence-electron chi connectivity index (χ1n) is 4.98. The number of nitrogens with zero attached hydrogens (tertiary/aromatic N) is 2. The van der Waals surface area contributed by atoms with Crippen molar-refractivity contribution in [3.05, 3.63) is 16.9 Å². The van der Waals surface area contributed by atoms with E-state index < -0.39 is 0 Å². The summed E-state index contributed by atoms with van der Waals surface area (Å²) in [7, 11) is 1.67. The number of methoxy groups -OCH3 is 1. The van der Waals surface area contributed by atoms with E-state index >= 15 is 0 Å². The molecule has 1 rings (SSSR count). The largest absolute Gasteiger partial charge is 0.383 e. The Morgan fingerprint density at radius 3 is 2.93 bits per heavy atom. The van der Waals surface area contributed by atoms with Crippen molar-refractivity contribution in [3.8, 4) is 0 Å². The standard InChI is InChI=1S/C10H16Cl2N2O/c1-8(11)3-4-10-9(12)7-13-14(10)5-6-15-2/h7-8H,3-6H2,1-2H3. The van der Waals surface area contributed by atoms with Crippen molar-refractivity contribution < 1.29 is 4.74 Å². The third kappa shape index (κ3) is 4.01. The number of aromatic nitrogens is 2. The van der Waals surface area contributed by atoms with Gasteiger partial charge in [0.05, 0.1) is 30.1 Å². The van der Waals surface area contributed by atoms with Crippen LogP contribution in [0.25, 0.3) is 0 Å². The van der Waals surface area contributed by atoms with Crippen LogP contribution in [-0.2, 0) is 17.7 Å². The molecule has 3 nitrogen and oxygen atoms in total. The molecule has 5 heteroatoms. The summed E-state index contributed by atoms with van der Waals surface area (Å²) in [6.07, 6.45) is 3.43. The second-order valence-electron chi connectivity index (χ2n) is 3.47. The SMILES string of the molecule is COCCn1ncc(Cl)c1CCC(C)Cl. The van der Waals surface area contributed by atoms with Gasteiger partial charge >= 0.3 is 0 Å². The molecule has 0 amide bonds. The van der Waals surface area contributed by atoms with Crippen LogP contribution in [0.3, 0.4) is 0 Å². The molecule has 0 spiro atoms. The fourth-order valence-electron chi connectivity index (χ4n) is 1.34. The minimum absolute atomic E-state index is 0.159. The van der Waals surface area contributed by atoms with Gasteiger partial charge in [-0.25, -0.2) is 0 Å². The van der Waals surface area contributed by atoms with Crippen molar-refractivity contribution in [2.24, 2.45) is 0 Å². The van der Waals surface area contributed by atoms with Crippen LogP contribution < -0.4 is 0 Å². The van der Waals surface area contributed by atoms with Crippen molar-refractivity contribution in [3.63, 3.8) is 0 Å². The highest BCUT2D eigenvalue weighted by Crippen LogP contribution is 2.18. The first kappa shape index (κ1) is 12.8. The van der Waals surface area contributed by atoms with E-state index in [4.69, 9.17) is 27.9 Å². The van der Waals surface area contributed by atoms with Gasteiger partial charge in [0.25, 0.3) is 0 Å². The Bertz CT molecular complexity index is 300. The molecule has 1 heterocycles. The molecule has 0 saturated heterocycles. The van der Waals surface area contributed by atoms with Gasteiger partial charge in [-0.2, -0.15) is 5.10 Å². The lowest BCUT2D eigenvalue weighted by molar-refractivity contribution is 0.182. The molecule has 0 N–H and O–H groups in total. The predicted molar refractivity (Wildman–Crippen MR) is 62.7 cm³/mol. The lowest BCUT2D eigenvalue weighted by Gasteiger charge is -2.08. The highest BCUT2D eigenvalue weighted by atomic mass is 35.5. The fraction of sp³-hybridized carbons (Fsp3) is 0.700. The van der Waals surface area contributed by atoms with Gasteiger partial charge < -0.3 is 4.74 Å². The Balaban J connectivity index is 2.62. The lowest BCUT2D eigenvalue weighted by Crippen LogP contribution is -2.10. The average molecular weight is 251 g/mol. The summed E-state index contributed by atoms with van der Waals surface area (Å²) in [4.78, 5) is 0. The molecule has 0 bridgehead atoms. The van der Waals surface area contributed by atoms with Gasteiger partial charge in [0.2, 0.25) is 0 Å². The maximum Gasteiger partial charge on any atom is 0.0817 e. The van der Waals surface area contributed by atoms with E-state index in [0.717, 1.165) is 25.1 Å². The number of alkyl halides is 1. The molecule has 0 aliphatic rings. The molecular weight excluding hydrogens is 235 g/mol. The zero-order valence-corrected chi connectivity index (χ0v) is 10.6. The molecule has 0 aliphatic heterocycles. The Labute approximate surface area is 100 Å². The first-order chi connectivity index (χ1) is 7.15. The van der Waals surface area contributed by atoms with Crippen molar-refractivity contribution in [1.82, 2.24) is 9.78 Å². The monoisotopic (exact) mass is 250 g/mol. The quantitative estimate of drug-likeness (QED) is 0.727. The highest BCUT2D eigenvalue weighted by molar-refractivity contribution is 6.31. The van der Waals surface area contributed by atoms with Gasteiger partial charge in [-0.05, 0) is 19.8 Å². The Kier molecular flexibility index (Phi) is 5.43. The van der Waals surface area contributed by atoms with Crippen LogP contribution in [0.1, 0.15) is 19.0 Å². The molecule has 15 heavy (non-hydrogen) atoms. The molecule has 86 valence electrons. The number of hydrogen-bond acceptors (Lipinski definition) is 2. The van der Waals surface area contributed by atoms with E-state index in [1.807, 2.05) is 11.6 Å². The second-order valence-corrected chi connectivity index (χ2v) is 4.63. The summed E-state index contributed by atoms with van der Waals surface area (Å²) in [5, 5.41) is 5.06. The topological polar surface area (TPSA) is 27.1 Å². The summed E-state index contributed by atoms with van der Waals surface area (Å²) < 4.78 is 6.89. The van der Waals surface area contributed by atoms with Gasteiger partial charge in [0, 0.05) is 12.5 Å². The Morgan fingerprint density at radius 2 is 2.33 bits per heavy atom. The normalized spacial score (nSPS) is 13.1. The molecule has 1 aromatic rings. The van der Waals surface area contributed by atoms with Crippen LogP contribution in [0, 0.1) is 0 Å². The summed E-state index contributed by atoms with van der Waals surface area (Å²) in [6, 6.07) is 0. The molecular formula is C10H16Cl2N2O. The van der Waals surface area contributed by atoms with Gasteiger partial charge in [-0.3, -0.25) is 4.68 Å². The second kappa shape index (κ2) is 6.36. The van der Waals surface area contributed by atoms with E-state index in [2.05, 4.69) is 5.10 Å². The van der Waals surface area contributed by atoms with Crippen molar-refractivity contribution in [2.45, 2.75) is 31.7 Å². The number of hydrogen-bond donors (Lipinski definition) is 0. The summed E-state index contributed by atoms with van der Waals surface area (Å²) in [5.74, 6) is 0. The van der Waals surface area contributed by atoms with Crippen LogP contribution in [0.2, 0.25) is 5.02 Å². The smallest absolute Gasteiger partial charge is 0.0817 e. The first-order valence-corrected chi connectivity index (χ1v) is 5.79. The minimum atomic E-state index is 0.159. The van der Waals surface area contributed by atoms with E-state index in [9.17, 15) is 0 Å². The number of halogens is 2. The summed E-state index contributed by atoms with van der Waals surface area (Å²) >= 11 is 11.9. The average Bonchev–Trinajstić information content (AvgIpc) is 2.53. The molecule has 1 unspecified atom stereocenters. The van der Waals surface area contributed by atoms with Crippen LogP contribution in [0.4, 0.5) is 0 Å². The Morgan fingerprint density at radius 1 is 1.60 bits per heavy atom. The molecule has 0 radical (unpaired) electrons. The molecule has 0 aromatic carbocycles. The van der Waals surface area contributed by atoms with E-state index in [0.29, 0.717) is 11.6 Å². The summed E-state index contributed by atoms with van der Waals surface area (Å²) in [5.41, 5.74) is 1.04. The maximum absolute atomic E-state index is 6.04. The van der Waals surface area contributed by atoms with Gasteiger partial charge in [0.1, 0.15) is 0 Å². The van der Waals surface area contributed by atoms with Crippen molar-refractivity contribution >= 4 is 23.2 Å². The van der Waals surface area contributed by atoms with Crippen molar-refractivity contribution in [2.75, 3.05) is 13.7 Å². The highest BCUT2D eigenvalue weighted by Gasteiger charge is 2.09. The van der Waals surface area contributed by atoms with Crippen molar-refractivity contribution in [1.29, 1.82) is 0 Å². The molecule has 0 aliphatic carbocycles. The Hall–Kier alpha value is -0.250. The third-order valence-electron chi connectivity index (χ3n) is 2.18. The molecule has 0 fully saturated rings. The van der Waals surface area contributed by atoms with Crippen LogP contribution >= 0.6 is 23.2 Å². The minimum Gasteiger partial charge on any atom is -0.383 e. The van der Waals surface area contributed by atoms with Crippen LogP contribution in [0.5, 0.6) is 0 Å². The van der Waals surface area contributed by atoms with Crippen LogP contribution in [0.15, 0.2) is 6.20 Å².